The molecule has 4 aromatic rings. The average molecular weight is 486 g/mol. The molecule has 5 rings (SSSR count). The molecular weight excluding hydrogens is 458 g/mol. The Balaban J connectivity index is 1.65. The van der Waals surface area contributed by atoms with E-state index in [0.29, 0.717) is 18.7 Å². The average Bonchev–Trinajstić information content (AvgIpc) is 3.32. The van der Waals surface area contributed by atoms with Crippen molar-refractivity contribution in [2.75, 3.05) is 31.8 Å². The Morgan fingerprint density at radius 3 is 2.69 bits per heavy atom. The van der Waals surface area contributed by atoms with Crippen LogP contribution < -0.4 is 5.32 Å². The van der Waals surface area contributed by atoms with Gasteiger partial charge in [0.05, 0.1) is 18.6 Å². The first-order chi connectivity index (χ1) is 17.1. The summed E-state index contributed by atoms with van der Waals surface area (Å²) in [6.45, 7) is 0.746. The topological polar surface area (TPSA) is 74.4 Å². The van der Waals surface area contributed by atoms with Crippen LogP contribution in [0.4, 0.5) is 5.69 Å². The van der Waals surface area contributed by atoms with Crippen LogP contribution in [-0.4, -0.2) is 48.2 Å². The van der Waals surface area contributed by atoms with Crippen molar-refractivity contribution in [3.05, 3.63) is 95.7 Å². The first kappa shape index (κ1) is 23.2. The Hall–Kier alpha value is -3.55. The minimum Gasteiger partial charge on any atom is -0.383 e. The predicted octanol–water partition coefficient (Wildman–Crippen LogP) is 5.46. The zero-order chi connectivity index (χ0) is 24.4. The second-order valence-electron chi connectivity index (χ2n) is 8.51. The van der Waals surface area contributed by atoms with Gasteiger partial charge in [0.25, 0.3) is 5.91 Å². The number of aromatic amines is 1. The van der Waals surface area contributed by atoms with E-state index in [1.807, 2.05) is 79.2 Å². The summed E-state index contributed by atoms with van der Waals surface area (Å²) in [7, 11) is 1.62. The van der Waals surface area contributed by atoms with Crippen molar-refractivity contribution in [2.45, 2.75) is 16.9 Å². The Bertz CT molecular complexity index is 1380. The van der Waals surface area contributed by atoms with Gasteiger partial charge in [-0.2, -0.15) is 0 Å². The van der Waals surface area contributed by atoms with E-state index in [2.05, 4.69) is 10.3 Å². The van der Waals surface area contributed by atoms with Crippen LogP contribution in [0, 0.1) is 0 Å². The van der Waals surface area contributed by atoms with Crippen molar-refractivity contribution in [2.24, 2.45) is 0 Å². The number of anilines is 1. The number of nitrogens with zero attached hydrogens (tertiary/aromatic N) is 1. The standard InChI is InChI=1S/C28H27N3O3S/c1-34-15-14-31-26(23-17-29-24-13-6-5-10-20(23)24)25(21-11-3-4-12-22(21)28(31)33)27(32)30-18-8-7-9-19(16-18)35-2/h3-13,16-17,25-26,29H,14-15H2,1-2H3,(H,30,32). The molecule has 1 aromatic heterocycles. The van der Waals surface area contributed by atoms with Crippen LogP contribution in [0.1, 0.15) is 33.4 Å². The monoisotopic (exact) mass is 485 g/mol. The molecule has 1 aliphatic rings. The van der Waals surface area contributed by atoms with Crippen LogP contribution in [0.2, 0.25) is 0 Å². The quantitative estimate of drug-likeness (QED) is 0.341. The first-order valence-electron chi connectivity index (χ1n) is 11.5. The third-order valence-electron chi connectivity index (χ3n) is 6.53. The zero-order valence-electron chi connectivity index (χ0n) is 19.7. The van der Waals surface area contributed by atoms with E-state index in [1.54, 1.807) is 29.8 Å². The summed E-state index contributed by atoms with van der Waals surface area (Å²) in [6.07, 6.45) is 3.93. The van der Waals surface area contributed by atoms with Crippen LogP contribution in [0.3, 0.4) is 0 Å². The van der Waals surface area contributed by atoms with Gasteiger partial charge in [0, 0.05) is 52.5 Å². The number of hydrogen-bond donors (Lipinski definition) is 2. The largest absolute Gasteiger partial charge is 0.383 e. The van der Waals surface area contributed by atoms with Crippen LogP contribution in [-0.2, 0) is 9.53 Å². The molecule has 1 aliphatic heterocycles. The van der Waals surface area contributed by atoms with Gasteiger partial charge in [0.1, 0.15) is 0 Å². The molecule has 178 valence electrons. The number of para-hydroxylation sites is 1. The lowest BCUT2D eigenvalue weighted by Crippen LogP contribution is -2.47. The van der Waals surface area contributed by atoms with Crippen molar-refractivity contribution in [1.82, 2.24) is 9.88 Å². The Morgan fingerprint density at radius 1 is 1.06 bits per heavy atom. The van der Waals surface area contributed by atoms with Gasteiger partial charge >= 0.3 is 0 Å². The maximum Gasteiger partial charge on any atom is 0.254 e. The number of amides is 2. The minimum atomic E-state index is -0.599. The molecule has 2 unspecified atom stereocenters. The summed E-state index contributed by atoms with van der Waals surface area (Å²) in [5, 5.41) is 4.12. The van der Waals surface area contributed by atoms with E-state index >= 15 is 0 Å². The molecule has 0 saturated heterocycles. The van der Waals surface area contributed by atoms with Crippen LogP contribution in [0.25, 0.3) is 10.9 Å². The number of fused-ring (bicyclic) bond motifs is 2. The number of methoxy groups -OCH3 is 1. The highest BCUT2D eigenvalue weighted by Crippen LogP contribution is 2.45. The molecular formula is C28H27N3O3S. The lowest BCUT2D eigenvalue weighted by atomic mass is 9.79. The fraction of sp³-hybridized carbons (Fsp3) is 0.214. The third-order valence-corrected chi connectivity index (χ3v) is 7.26. The van der Waals surface area contributed by atoms with Crippen LogP contribution >= 0.6 is 11.8 Å². The van der Waals surface area contributed by atoms with Gasteiger partial charge in [-0.3, -0.25) is 9.59 Å². The van der Waals surface area contributed by atoms with Gasteiger partial charge in [-0.1, -0.05) is 42.5 Å². The van der Waals surface area contributed by atoms with Gasteiger partial charge in [-0.25, -0.2) is 0 Å². The summed E-state index contributed by atoms with van der Waals surface area (Å²) in [6, 6.07) is 22.7. The fourth-order valence-corrected chi connectivity index (χ4v) is 5.38. The van der Waals surface area contributed by atoms with E-state index in [0.717, 1.165) is 32.6 Å². The lowest BCUT2D eigenvalue weighted by molar-refractivity contribution is -0.119. The molecule has 7 heteroatoms. The number of hydrogen-bond acceptors (Lipinski definition) is 4. The normalized spacial score (nSPS) is 17.4. The molecule has 0 aliphatic carbocycles. The molecule has 0 saturated carbocycles. The molecule has 0 bridgehead atoms. The van der Waals surface area contributed by atoms with Crippen LogP contribution in [0.15, 0.2) is 83.9 Å². The highest BCUT2D eigenvalue weighted by atomic mass is 32.2. The van der Waals surface area contributed by atoms with Crippen molar-refractivity contribution in [1.29, 1.82) is 0 Å². The smallest absolute Gasteiger partial charge is 0.254 e. The van der Waals surface area contributed by atoms with Crippen molar-refractivity contribution < 1.29 is 14.3 Å². The number of thioether (sulfide) groups is 1. The van der Waals surface area contributed by atoms with Crippen LogP contribution in [0.5, 0.6) is 0 Å². The number of benzene rings is 3. The van der Waals surface area contributed by atoms with Crippen molar-refractivity contribution in [3.63, 3.8) is 0 Å². The van der Waals surface area contributed by atoms with E-state index in [-0.39, 0.29) is 11.8 Å². The minimum absolute atomic E-state index is 0.0960. The second kappa shape index (κ2) is 9.98. The third kappa shape index (κ3) is 4.33. The fourth-order valence-electron chi connectivity index (χ4n) is 4.92. The van der Waals surface area contributed by atoms with E-state index in [1.165, 1.54) is 0 Å². The second-order valence-corrected chi connectivity index (χ2v) is 9.39. The van der Waals surface area contributed by atoms with E-state index in [9.17, 15) is 9.59 Å². The summed E-state index contributed by atoms with van der Waals surface area (Å²) in [4.78, 5) is 33.9. The van der Waals surface area contributed by atoms with Crippen molar-refractivity contribution in [3.8, 4) is 0 Å². The Kier molecular flexibility index (Phi) is 6.61. The SMILES string of the molecule is COCCN1C(=O)c2ccccc2C(C(=O)Nc2cccc(SC)c2)C1c1c[nH]c2ccccc12. The predicted molar refractivity (Wildman–Crippen MR) is 140 cm³/mol. The highest BCUT2D eigenvalue weighted by molar-refractivity contribution is 7.98. The van der Waals surface area contributed by atoms with Gasteiger partial charge in [-0.15, -0.1) is 11.8 Å². The number of ether oxygens (including phenoxy) is 1. The number of aromatic nitrogens is 1. The number of nitrogens with one attached hydrogen (secondary N) is 2. The van der Waals surface area contributed by atoms with E-state index < -0.39 is 12.0 Å². The Morgan fingerprint density at radius 2 is 1.86 bits per heavy atom. The Labute approximate surface area is 208 Å². The molecule has 2 N–H and O–H groups in total. The summed E-state index contributed by atoms with van der Waals surface area (Å²) >= 11 is 1.62. The molecule has 0 fully saturated rings. The lowest BCUT2D eigenvalue weighted by Gasteiger charge is -2.41. The number of carbonyl (C=O) groups excluding carboxylic acids is 2. The molecule has 2 amide bonds. The van der Waals surface area contributed by atoms with Gasteiger partial charge in [-0.05, 0) is 42.2 Å². The van der Waals surface area contributed by atoms with E-state index in [4.69, 9.17) is 4.74 Å². The molecule has 2 heterocycles. The number of H-pyrrole nitrogens is 1. The summed E-state index contributed by atoms with van der Waals surface area (Å²) in [5.41, 5.74) is 3.90. The number of carbonyl (C=O) groups is 2. The summed E-state index contributed by atoms with van der Waals surface area (Å²) < 4.78 is 5.35. The maximum atomic E-state index is 14.0. The van der Waals surface area contributed by atoms with Crippen molar-refractivity contribution >= 4 is 40.2 Å². The maximum absolute atomic E-state index is 14.0. The molecule has 0 spiro atoms. The van der Waals surface area contributed by atoms with Gasteiger partial charge in [0.15, 0.2) is 0 Å². The first-order valence-corrected chi connectivity index (χ1v) is 12.7. The van der Waals surface area contributed by atoms with Gasteiger partial charge in [0.2, 0.25) is 5.91 Å². The zero-order valence-corrected chi connectivity index (χ0v) is 20.5. The molecule has 0 radical (unpaired) electrons. The summed E-state index contributed by atoms with van der Waals surface area (Å²) in [5.74, 6) is -0.847. The molecule has 3 aromatic carbocycles. The number of rotatable bonds is 7. The molecule has 2 atom stereocenters. The highest BCUT2D eigenvalue weighted by Gasteiger charge is 2.44. The molecule has 6 nitrogen and oxygen atoms in total. The van der Waals surface area contributed by atoms with Gasteiger partial charge < -0.3 is 19.9 Å². The molecule has 35 heavy (non-hydrogen) atoms.